The molecular weight excluding hydrogens is 481 g/mol. The minimum absolute atomic E-state index is 0.00880. The normalized spacial score (nSPS) is 24.6. The highest BCUT2D eigenvalue weighted by Crippen LogP contribution is 2.56. The van der Waals surface area contributed by atoms with Gasteiger partial charge in [0.1, 0.15) is 6.10 Å². The molecule has 0 bridgehead atoms. The fourth-order valence-electron chi connectivity index (χ4n) is 3.82. The lowest BCUT2D eigenvalue weighted by atomic mass is 9.97. The van der Waals surface area contributed by atoms with Crippen molar-refractivity contribution in [3.05, 3.63) is 81.9 Å². The average molecular weight is 509 g/mol. The minimum atomic E-state index is -4.20. The Morgan fingerprint density at radius 3 is 1.83 bits per heavy atom. The van der Waals surface area contributed by atoms with Crippen LogP contribution in [0.25, 0.3) is 0 Å². The smallest absolute Gasteiger partial charge is 0.365 e. The van der Waals surface area contributed by atoms with E-state index in [2.05, 4.69) is 0 Å². The molecule has 0 saturated carbocycles. The molecule has 0 aromatic heterocycles. The first-order valence-corrected chi connectivity index (χ1v) is 12.3. The second-order valence-corrected chi connectivity index (χ2v) is 9.99. The van der Waals surface area contributed by atoms with Gasteiger partial charge in [0.15, 0.2) is 12.2 Å². The van der Waals surface area contributed by atoms with Gasteiger partial charge in [0.25, 0.3) is 6.04 Å². The van der Waals surface area contributed by atoms with E-state index in [1.54, 1.807) is 48.5 Å². The summed E-state index contributed by atoms with van der Waals surface area (Å²) in [5.41, 5.74) is 1.49. The molecule has 190 valence electrons. The third kappa shape index (κ3) is 6.32. The van der Waals surface area contributed by atoms with Crippen LogP contribution in [0.1, 0.15) is 11.1 Å². The molecule has 35 heavy (non-hydrogen) atoms. The number of carbonyl (C=O) groups excluding carboxylic acids is 1. The quantitative estimate of drug-likeness (QED) is 0.192. The van der Waals surface area contributed by atoms with Gasteiger partial charge >= 0.3 is 13.6 Å². The number of rotatable bonds is 11. The number of methoxy groups -OCH3 is 1. The monoisotopic (exact) mass is 509 g/mol. The predicted molar refractivity (Wildman–Crippen MR) is 123 cm³/mol. The molecule has 11 nitrogen and oxygen atoms in total. The first-order chi connectivity index (χ1) is 16.8. The molecule has 1 heterocycles. The van der Waals surface area contributed by atoms with Crippen LogP contribution < -0.4 is 0 Å². The molecule has 0 amide bonds. The van der Waals surface area contributed by atoms with Gasteiger partial charge in [-0.05, 0) is 11.1 Å². The number of hydrogen-bond donors (Lipinski definition) is 0. The van der Waals surface area contributed by atoms with Gasteiger partial charge < -0.3 is 28.0 Å². The molecule has 5 atom stereocenters. The van der Waals surface area contributed by atoms with Crippen LogP contribution in [-0.4, -0.2) is 62.4 Å². The number of nitrogens with zero attached hydrogens (tertiary/aromatic N) is 1. The van der Waals surface area contributed by atoms with Crippen LogP contribution in [0.3, 0.4) is 0 Å². The summed E-state index contributed by atoms with van der Waals surface area (Å²) in [4.78, 5) is 24.3. The Morgan fingerprint density at radius 1 is 0.914 bits per heavy atom. The summed E-state index contributed by atoms with van der Waals surface area (Å²) >= 11 is 0. The van der Waals surface area contributed by atoms with E-state index in [1.165, 1.54) is 0 Å². The van der Waals surface area contributed by atoms with Crippen LogP contribution in [0.5, 0.6) is 0 Å². The van der Waals surface area contributed by atoms with Gasteiger partial charge in [-0.2, -0.15) is 0 Å². The molecular formula is C23H28NO10P. The van der Waals surface area contributed by atoms with Crippen molar-refractivity contribution in [2.75, 3.05) is 21.3 Å². The molecule has 12 heteroatoms. The lowest BCUT2D eigenvalue weighted by molar-refractivity contribution is -0.555. The van der Waals surface area contributed by atoms with Gasteiger partial charge in [0.2, 0.25) is 5.85 Å². The molecule has 0 aliphatic carbocycles. The van der Waals surface area contributed by atoms with Crippen LogP contribution >= 0.6 is 7.60 Å². The van der Waals surface area contributed by atoms with E-state index in [0.717, 1.165) is 32.5 Å². The lowest BCUT2D eigenvalue weighted by Gasteiger charge is -2.42. The third-order valence-corrected chi connectivity index (χ3v) is 7.67. The summed E-state index contributed by atoms with van der Waals surface area (Å²) in [6.45, 7) is -0.0270. The number of ether oxygens (including phenoxy) is 4. The standard InChI is InChI=1S/C23H28NO10P/c1-29-22(25)21-20(33-15-17-12-8-5-9-13-17)19(32-14-16-10-6-4-7-11-16)18(24(26)27)23(34-21)35(28,30-2)31-3/h4-13,18-21,23H,14-15H2,1-3H3/t18?,19-,20+,21?,23?/m1/s1. The molecule has 1 fully saturated rings. The van der Waals surface area contributed by atoms with Crippen LogP contribution in [0, 0.1) is 10.1 Å². The van der Waals surface area contributed by atoms with Gasteiger partial charge in [-0.1, -0.05) is 60.7 Å². The predicted octanol–water partition coefficient (Wildman–Crippen LogP) is 3.19. The van der Waals surface area contributed by atoms with E-state index >= 15 is 0 Å². The van der Waals surface area contributed by atoms with E-state index in [4.69, 9.17) is 28.0 Å². The Bertz CT molecular complexity index is 1010. The summed E-state index contributed by atoms with van der Waals surface area (Å²) in [6, 6.07) is 16.3. The van der Waals surface area contributed by atoms with Gasteiger partial charge in [-0.25, -0.2) is 4.79 Å². The zero-order chi connectivity index (χ0) is 25.4. The number of benzene rings is 2. The Labute approximate surface area is 202 Å². The maximum Gasteiger partial charge on any atom is 0.365 e. The second kappa shape index (κ2) is 12.3. The maximum absolute atomic E-state index is 13.3. The van der Waals surface area contributed by atoms with Crippen molar-refractivity contribution in [3.8, 4) is 0 Å². The highest BCUT2D eigenvalue weighted by Gasteiger charge is 2.62. The lowest BCUT2D eigenvalue weighted by Crippen LogP contribution is -2.63. The number of hydrogen-bond acceptors (Lipinski definition) is 10. The Kier molecular flexibility index (Phi) is 9.50. The molecule has 1 aliphatic rings. The Hall–Kier alpha value is -2.66. The molecule has 1 saturated heterocycles. The summed E-state index contributed by atoms with van der Waals surface area (Å²) in [7, 11) is -0.900. The van der Waals surface area contributed by atoms with E-state index < -0.39 is 48.7 Å². The van der Waals surface area contributed by atoms with E-state index in [0.29, 0.717) is 0 Å². The molecule has 2 aromatic carbocycles. The van der Waals surface area contributed by atoms with Crippen LogP contribution in [0.15, 0.2) is 60.7 Å². The summed E-state index contributed by atoms with van der Waals surface area (Å²) in [5.74, 6) is -2.63. The van der Waals surface area contributed by atoms with Crippen molar-refractivity contribution in [2.24, 2.45) is 0 Å². The summed E-state index contributed by atoms with van der Waals surface area (Å²) in [5, 5.41) is 12.3. The second-order valence-electron chi connectivity index (χ2n) is 7.67. The van der Waals surface area contributed by atoms with Crippen molar-refractivity contribution in [3.63, 3.8) is 0 Å². The van der Waals surface area contributed by atoms with Crippen LogP contribution in [0.2, 0.25) is 0 Å². The third-order valence-electron chi connectivity index (χ3n) is 5.61. The fourth-order valence-corrected chi connectivity index (χ4v) is 5.32. The number of esters is 1. The largest absolute Gasteiger partial charge is 0.467 e. The molecule has 0 spiro atoms. The summed E-state index contributed by atoms with van der Waals surface area (Å²) in [6.07, 6.45) is -4.13. The zero-order valence-corrected chi connectivity index (χ0v) is 20.4. The van der Waals surface area contributed by atoms with E-state index in [9.17, 15) is 19.5 Å². The Morgan fingerprint density at radius 2 is 1.40 bits per heavy atom. The zero-order valence-electron chi connectivity index (χ0n) is 19.6. The van der Waals surface area contributed by atoms with Crippen molar-refractivity contribution >= 4 is 13.6 Å². The van der Waals surface area contributed by atoms with Gasteiger partial charge in [-0.15, -0.1) is 0 Å². The fraction of sp³-hybridized carbons (Fsp3) is 0.435. The maximum atomic E-state index is 13.3. The van der Waals surface area contributed by atoms with Crippen molar-refractivity contribution in [1.82, 2.24) is 0 Å². The minimum Gasteiger partial charge on any atom is -0.467 e. The number of nitro groups is 1. The highest BCUT2D eigenvalue weighted by atomic mass is 31.2. The molecule has 3 unspecified atom stereocenters. The van der Waals surface area contributed by atoms with Crippen molar-refractivity contribution in [1.29, 1.82) is 0 Å². The average Bonchev–Trinajstić information content (AvgIpc) is 2.90. The van der Waals surface area contributed by atoms with Crippen molar-refractivity contribution in [2.45, 2.75) is 43.4 Å². The highest BCUT2D eigenvalue weighted by molar-refractivity contribution is 7.54. The van der Waals surface area contributed by atoms with Gasteiger partial charge in [0.05, 0.1) is 20.3 Å². The first kappa shape index (κ1) is 26.9. The van der Waals surface area contributed by atoms with E-state index in [1.807, 2.05) is 12.1 Å². The molecule has 0 radical (unpaired) electrons. The SMILES string of the molecule is COC(=O)C1OC(P(=O)(OC)OC)C([N+](=O)[O-])[C@@H](OCc2ccccc2)[C@@H]1OCc1ccccc1. The molecule has 3 rings (SSSR count). The van der Waals surface area contributed by atoms with Crippen molar-refractivity contribution < 1.29 is 42.3 Å². The Balaban J connectivity index is 2.02. The number of carbonyl (C=O) groups is 1. The van der Waals surface area contributed by atoms with Crippen LogP contribution in [0.4, 0.5) is 0 Å². The summed E-state index contributed by atoms with van der Waals surface area (Å²) < 4.78 is 45.8. The topological polar surface area (TPSA) is 133 Å². The molecule has 0 N–H and O–H groups in total. The van der Waals surface area contributed by atoms with Gasteiger partial charge in [-0.3, -0.25) is 14.7 Å². The molecule has 2 aromatic rings. The van der Waals surface area contributed by atoms with E-state index in [-0.39, 0.29) is 13.2 Å². The van der Waals surface area contributed by atoms with Crippen LogP contribution in [-0.2, 0) is 50.6 Å². The van der Waals surface area contributed by atoms with Gasteiger partial charge in [0, 0.05) is 19.1 Å². The first-order valence-electron chi connectivity index (χ1n) is 10.7. The molecule has 1 aliphatic heterocycles.